The predicted octanol–water partition coefficient (Wildman–Crippen LogP) is 3.28. The van der Waals surface area contributed by atoms with Crippen molar-refractivity contribution < 1.29 is 4.92 Å². The first-order valence-electron chi connectivity index (χ1n) is 6.32. The van der Waals surface area contributed by atoms with Gasteiger partial charge in [-0.05, 0) is 30.7 Å². The van der Waals surface area contributed by atoms with Gasteiger partial charge in [0.2, 0.25) is 5.95 Å². The zero-order valence-electron chi connectivity index (χ0n) is 11.4. The van der Waals surface area contributed by atoms with E-state index in [1.807, 2.05) is 11.5 Å². The van der Waals surface area contributed by atoms with Crippen LogP contribution in [0.25, 0.3) is 22.9 Å². The number of non-ortho nitro benzene ring substituents is 1. The maximum Gasteiger partial charge on any atom is 0.270 e. The first-order valence-corrected chi connectivity index (χ1v) is 6.32. The van der Waals surface area contributed by atoms with Crippen molar-refractivity contribution >= 4 is 22.7 Å². The third kappa shape index (κ3) is 1.97. The minimum atomic E-state index is -0.400. The van der Waals surface area contributed by atoms with Gasteiger partial charge in [-0.1, -0.05) is 6.58 Å². The van der Waals surface area contributed by atoms with Crippen molar-refractivity contribution in [1.82, 2.24) is 14.5 Å². The molecule has 1 aromatic carbocycles. The number of hydrogen-bond acceptors (Lipinski definition) is 4. The Morgan fingerprint density at radius 2 is 2.05 bits per heavy atom. The quantitative estimate of drug-likeness (QED) is 0.545. The fraction of sp³-hybridized carbons (Fsp3) is 0.0667. The summed E-state index contributed by atoms with van der Waals surface area (Å²) in [5.41, 5.74) is 2.62. The summed E-state index contributed by atoms with van der Waals surface area (Å²) in [4.78, 5) is 19.0. The van der Waals surface area contributed by atoms with Crippen molar-refractivity contribution in [3.05, 3.63) is 64.6 Å². The lowest BCUT2D eigenvalue weighted by Gasteiger charge is -2.05. The van der Waals surface area contributed by atoms with E-state index in [9.17, 15) is 10.1 Å². The summed E-state index contributed by atoms with van der Waals surface area (Å²) in [6, 6.07) is 6.50. The van der Waals surface area contributed by atoms with E-state index in [0.29, 0.717) is 5.95 Å². The number of aryl methyl sites for hydroxylation is 1. The minimum absolute atomic E-state index is 0.0624. The zero-order valence-corrected chi connectivity index (χ0v) is 11.4. The number of aromatic nitrogens is 3. The summed E-state index contributed by atoms with van der Waals surface area (Å²) in [6.07, 6.45) is 5.01. The number of nitrogens with zero attached hydrogens (tertiary/aromatic N) is 4. The molecule has 21 heavy (non-hydrogen) atoms. The van der Waals surface area contributed by atoms with Crippen LogP contribution in [0.15, 0.2) is 43.2 Å². The molecule has 0 aliphatic heterocycles. The smallest absolute Gasteiger partial charge is 0.270 e. The number of benzene rings is 1. The highest BCUT2D eigenvalue weighted by molar-refractivity contribution is 5.90. The van der Waals surface area contributed by atoms with Gasteiger partial charge in [0.05, 0.1) is 16.1 Å². The Kier molecular flexibility index (Phi) is 2.98. The highest BCUT2D eigenvalue weighted by Gasteiger charge is 2.17. The monoisotopic (exact) mass is 280 g/mol. The fourth-order valence-electron chi connectivity index (χ4n) is 2.43. The number of nitro groups is 1. The highest BCUT2D eigenvalue weighted by atomic mass is 16.6. The SMILES string of the molecule is C=Cc1c(C)c2cc([N+](=O)[O-])ccc2n1-c1ncccn1. The Hall–Kier alpha value is -3.02. The number of fused-ring (bicyclic) bond motifs is 1. The molecule has 104 valence electrons. The minimum Gasteiger partial charge on any atom is -0.278 e. The van der Waals surface area contributed by atoms with Gasteiger partial charge in [-0.25, -0.2) is 9.97 Å². The van der Waals surface area contributed by atoms with Crippen LogP contribution in [0.3, 0.4) is 0 Å². The van der Waals surface area contributed by atoms with E-state index in [1.54, 1.807) is 36.7 Å². The van der Waals surface area contributed by atoms with Crippen LogP contribution >= 0.6 is 0 Å². The molecule has 0 saturated carbocycles. The Morgan fingerprint density at radius 3 is 2.67 bits per heavy atom. The van der Waals surface area contributed by atoms with Crippen LogP contribution in [0.2, 0.25) is 0 Å². The summed E-state index contributed by atoms with van der Waals surface area (Å²) in [5.74, 6) is 0.513. The van der Waals surface area contributed by atoms with E-state index in [0.717, 1.165) is 22.2 Å². The number of hydrogen-bond donors (Lipinski definition) is 0. The van der Waals surface area contributed by atoms with Gasteiger partial charge >= 0.3 is 0 Å². The maximum atomic E-state index is 10.9. The third-order valence-electron chi connectivity index (χ3n) is 3.41. The van der Waals surface area contributed by atoms with Crippen LogP contribution in [-0.2, 0) is 0 Å². The van der Waals surface area contributed by atoms with Crippen molar-refractivity contribution in [2.45, 2.75) is 6.92 Å². The average molecular weight is 280 g/mol. The van der Waals surface area contributed by atoms with E-state index in [-0.39, 0.29) is 5.69 Å². The van der Waals surface area contributed by atoms with E-state index < -0.39 is 4.92 Å². The van der Waals surface area contributed by atoms with Gasteiger partial charge < -0.3 is 0 Å². The molecule has 2 aromatic heterocycles. The molecule has 0 amide bonds. The van der Waals surface area contributed by atoms with Crippen LogP contribution in [-0.4, -0.2) is 19.5 Å². The topological polar surface area (TPSA) is 73.8 Å². The van der Waals surface area contributed by atoms with Crippen molar-refractivity contribution in [3.8, 4) is 5.95 Å². The third-order valence-corrected chi connectivity index (χ3v) is 3.41. The fourth-order valence-corrected chi connectivity index (χ4v) is 2.43. The highest BCUT2D eigenvalue weighted by Crippen LogP contribution is 2.31. The first-order chi connectivity index (χ1) is 10.1. The summed E-state index contributed by atoms with van der Waals surface area (Å²) in [7, 11) is 0. The molecule has 0 saturated heterocycles. The van der Waals surface area contributed by atoms with Crippen molar-refractivity contribution in [3.63, 3.8) is 0 Å². The standard InChI is InChI=1S/C15H12N4O2/c1-3-13-10(2)12-9-11(19(20)21)5-6-14(12)18(13)15-16-7-4-8-17-15/h3-9H,1H2,2H3. The normalized spacial score (nSPS) is 10.7. The lowest BCUT2D eigenvalue weighted by Crippen LogP contribution is -2.02. The summed E-state index contributed by atoms with van der Waals surface area (Å²) < 4.78 is 1.85. The largest absolute Gasteiger partial charge is 0.278 e. The van der Waals surface area contributed by atoms with Crippen LogP contribution < -0.4 is 0 Å². The summed E-state index contributed by atoms with van der Waals surface area (Å²) in [6.45, 7) is 5.73. The van der Waals surface area contributed by atoms with Gasteiger partial charge in [0.25, 0.3) is 5.69 Å². The molecule has 3 rings (SSSR count). The Morgan fingerprint density at radius 1 is 1.33 bits per heavy atom. The number of rotatable bonds is 3. The summed E-state index contributed by atoms with van der Waals surface area (Å²) in [5, 5.41) is 11.7. The van der Waals surface area contributed by atoms with Gasteiger partial charge in [0.15, 0.2) is 0 Å². The zero-order chi connectivity index (χ0) is 15.0. The van der Waals surface area contributed by atoms with Gasteiger partial charge in [-0.3, -0.25) is 14.7 Å². The van der Waals surface area contributed by atoms with Crippen LogP contribution in [0, 0.1) is 17.0 Å². The van der Waals surface area contributed by atoms with Crippen molar-refractivity contribution in [2.24, 2.45) is 0 Å². The second-order valence-corrected chi connectivity index (χ2v) is 4.56. The average Bonchev–Trinajstić information content (AvgIpc) is 2.80. The van der Waals surface area contributed by atoms with E-state index >= 15 is 0 Å². The first kappa shape index (κ1) is 13.0. The van der Waals surface area contributed by atoms with E-state index in [1.165, 1.54) is 6.07 Å². The van der Waals surface area contributed by atoms with Gasteiger partial charge in [0.1, 0.15) is 0 Å². The molecule has 0 unspecified atom stereocenters. The molecule has 6 nitrogen and oxygen atoms in total. The maximum absolute atomic E-state index is 10.9. The second kappa shape index (κ2) is 4.82. The molecule has 6 heteroatoms. The molecular weight excluding hydrogens is 268 g/mol. The van der Waals surface area contributed by atoms with Gasteiger partial charge in [-0.15, -0.1) is 0 Å². The van der Waals surface area contributed by atoms with Gasteiger partial charge in [0, 0.05) is 29.9 Å². The lowest BCUT2D eigenvalue weighted by atomic mass is 10.1. The molecular formula is C15H12N4O2. The van der Waals surface area contributed by atoms with E-state index in [4.69, 9.17) is 0 Å². The van der Waals surface area contributed by atoms with Crippen LogP contribution in [0.4, 0.5) is 5.69 Å². The molecule has 0 radical (unpaired) electrons. The molecule has 0 aliphatic rings. The molecule has 0 fully saturated rings. The molecule has 3 aromatic rings. The second-order valence-electron chi connectivity index (χ2n) is 4.56. The summed E-state index contributed by atoms with van der Waals surface area (Å²) >= 11 is 0. The van der Waals surface area contributed by atoms with Crippen molar-refractivity contribution in [1.29, 1.82) is 0 Å². The van der Waals surface area contributed by atoms with Crippen LogP contribution in [0.1, 0.15) is 11.3 Å². The Labute approximate surface area is 120 Å². The number of nitro benzene ring substituents is 1. The molecule has 2 heterocycles. The predicted molar refractivity (Wildman–Crippen MR) is 80.3 cm³/mol. The lowest BCUT2D eigenvalue weighted by molar-refractivity contribution is -0.384. The molecule has 0 atom stereocenters. The van der Waals surface area contributed by atoms with Crippen molar-refractivity contribution in [2.75, 3.05) is 0 Å². The molecule has 0 bridgehead atoms. The Bertz CT molecular complexity index is 853. The molecule has 0 spiro atoms. The Balaban J connectivity index is 2.39. The van der Waals surface area contributed by atoms with Crippen LogP contribution in [0.5, 0.6) is 0 Å². The molecule has 0 aliphatic carbocycles. The van der Waals surface area contributed by atoms with E-state index in [2.05, 4.69) is 16.5 Å². The molecule has 0 N–H and O–H groups in total. The van der Waals surface area contributed by atoms with Gasteiger partial charge in [-0.2, -0.15) is 0 Å².